The average molecular weight is 331 g/mol. The van der Waals surface area contributed by atoms with E-state index in [-0.39, 0.29) is 19.0 Å². The van der Waals surface area contributed by atoms with Crippen molar-refractivity contribution in [2.75, 3.05) is 20.3 Å². The molecule has 0 bridgehead atoms. The van der Waals surface area contributed by atoms with Gasteiger partial charge >= 0.3 is 6.18 Å². The molecular formula is C14H16F3N3O3. The van der Waals surface area contributed by atoms with Crippen molar-refractivity contribution in [2.24, 2.45) is 0 Å². The molecule has 0 atom stereocenters. The molecule has 0 spiro atoms. The number of methoxy groups -OCH3 is 1. The van der Waals surface area contributed by atoms with Crippen molar-refractivity contribution in [3.63, 3.8) is 0 Å². The minimum Gasteiger partial charge on any atom is -0.467 e. The Morgan fingerprint density at radius 3 is 2.78 bits per heavy atom. The van der Waals surface area contributed by atoms with Crippen LogP contribution in [0.25, 0.3) is 0 Å². The summed E-state index contributed by atoms with van der Waals surface area (Å²) in [6.45, 7) is 0.520. The molecule has 126 valence electrons. The molecular weight excluding hydrogens is 315 g/mol. The van der Waals surface area contributed by atoms with Gasteiger partial charge in [-0.2, -0.15) is 18.3 Å². The molecule has 0 saturated heterocycles. The Hall–Kier alpha value is -2.29. The number of alkyl halides is 3. The SMILES string of the molecule is COCCN(Cc1ccco1)C(=O)Cn1ccc(C(F)(F)F)n1. The fraction of sp³-hybridized carbons (Fsp3) is 0.429. The van der Waals surface area contributed by atoms with Gasteiger partial charge in [0.2, 0.25) is 5.91 Å². The van der Waals surface area contributed by atoms with Gasteiger partial charge in [0, 0.05) is 19.9 Å². The minimum absolute atomic E-state index is 0.211. The number of hydrogen-bond acceptors (Lipinski definition) is 4. The number of hydrogen-bond donors (Lipinski definition) is 0. The Bertz CT molecular complexity index is 623. The van der Waals surface area contributed by atoms with Crippen molar-refractivity contribution in [3.05, 3.63) is 42.1 Å². The van der Waals surface area contributed by atoms with Gasteiger partial charge in [-0.3, -0.25) is 9.48 Å². The summed E-state index contributed by atoms with van der Waals surface area (Å²) in [7, 11) is 1.50. The molecule has 0 aliphatic carbocycles. The zero-order chi connectivity index (χ0) is 16.9. The van der Waals surface area contributed by atoms with Gasteiger partial charge in [0.15, 0.2) is 5.69 Å². The molecule has 6 nitrogen and oxygen atoms in total. The fourth-order valence-corrected chi connectivity index (χ4v) is 1.92. The molecule has 0 saturated carbocycles. The summed E-state index contributed by atoms with van der Waals surface area (Å²) in [5.74, 6) is 0.196. The summed E-state index contributed by atoms with van der Waals surface area (Å²) < 4.78 is 48.6. The maximum atomic E-state index is 12.5. The quantitative estimate of drug-likeness (QED) is 0.780. The molecule has 1 amide bonds. The highest BCUT2D eigenvalue weighted by Crippen LogP contribution is 2.27. The van der Waals surface area contributed by atoms with E-state index in [2.05, 4.69) is 5.10 Å². The monoisotopic (exact) mass is 331 g/mol. The van der Waals surface area contributed by atoms with Crippen LogP contribution in [0.2, 0.25) is 0 Å². The maximum absolute atomic E-state index is 12.5. The second kappa shape index (κ2) is 7.32. The first kappa shape index (κ1) is 17.1. The first-order chi connectivity index (χ1) is 10.9. The Balaban J connectivity index is 2.03. The smallest absolute Gasteiger partial charge is 0.435 e. The number of furan rings is 1. The van der Waals surface area contributed by atoms with Crippen molar-refractivity contribution >= 4 is 5.91 Å². The molecule has 0 aliphatic heterocycles. The third kappa shape index (κ3) is 4.85. The lowest BCUT2D eigenvalue weighted by atomic mass is 10.3. The third-order valence-electron chi connectivity index (χ3n) is 3.07. The molecule has 2 rings (SSSR count). The van der Waals surface area contributed by atoms with E-state index in [1.165, 1.54) is 18.3 Å². The van der Waals surface area contributed by atoms with Crippen LogP contribution in [-0.4, -0.2) is 40.8 Å². The molecule has 0 unspecified atom stereocenters. The lowest BCUT2D eigenvalue weighted by Gasteiger charge is -2.21. The van der Waals surface area contributed by atoms with Crippen LogP contribution in [0.4, 0.5) is 13.2 Å². The van der Waals surface area contributed by atoms with Gasteiger partial charge in [0.25, 0.3) is 0 Å². The van der Waals surface area contributed by atoms with Crippen LogP contribution in [0.15, 0.2) is 35.1 Å². The van der Waals surface area contributed by atoms with Gasteiger partial charge in [-0.25, -0.2) is 0 Å². The van der Waals surface area contributed by atoms with Gasteiger partial charge in [0.1, 0.15) is 12.3 Å². The summed E-state index contributed by atoms with van der Waals surface area (Å²) in [4.78, 5) is 13.7. The Labute approximate surface area is 130 Å². The number of halogens is 3. The van der Waals surface area contributed by atoms with Crippen molar-refractivity contribution in [2.45, 2.75) is 19.3 Å². The van der Waals surface area contributed by atoms with E-state index in [9.17, 15) is 18.0 Å². The Morgan fingerprint density at radius 1 is 1.43 bits per heavy atom. The highest BCUT2D eigenvalue weighted by molar-refractivity contribution is 5.75. The minimum atomic E-state index is -4.53. The van der Waals surface area contributed by atoms with Crippen molar-refractivity contribution in [1.82, 2.24) is 14.7 Å². The van der Waals surface area contributed by atoms with Crippen molar-refractivity contribution in [3.8, 4) is 0 Å². The van der Waals surface area contributed by atoms with E-state index in [1.54, 1.807) is 12.1 Å². The van der Waals surface area contributed by atoms with Crippen LogP contribution < -0.4 is 0 Å². The molecule has 2 heterocycles. The van der Waals surface area contributed by atoms with Gasteiger partial charge in [-0.1, -0.05) is 0 Å². The van der Waals surface area contributed by atoms with E-state index in [0.29, 0.717) is 18.9 Å². The number of nitrogens with zero attached hydrogens (tertiary/aromatic N) is 3. The lowest BCUT2D eigenvalue weighted by molar-refractivity contribution is -0.142. The number of amides is 1. The highest BCUT2D eigenvalue weighted by Gasteiger charge is 2.33. The van der Waals surface area contributed by atoms with Crippen molar-refractivity contribution < 1.29 is 27.1 Å². The van der Waals surface area contributed by atoms with Crippen LogP contribution in [0.1, 0.15) is 11.5 Å². The first-order valence-corrected chi connectivity index (χ1v) is 6.80. The Kier molecular flexibility index (Phi) is 5.43. The highest BCUT2D eigenvalue weighted by atomic mass is 19.4. The zero-order valence-corrected chi connectivity index (χ0v) is 12.4. The second-order valence-corrected chi connectivity index (χ2v) is 4.78. The second-order valence-electron chi connectivity index (χ2n) is 4.78. The number of carbonyl (C=O) groups excluding carboxylic acids is 1. The van der Waals surface area contributed by atoms with Gasteiger partial charge in [-0.05, 0) is 18.2 Å². The summed E-state index contributed by atoms with van der Waals surface area (Å²) in [5, 5.41) is 3.37. The van der Waals surface area contributed by atoms with Crippen LogP contribution in [0, 0.1) is 0 Å². The number of aromatic nitrogens is 2. The van der Waals surface area contributed by atoms with Crippen LogP contribution in [0.5, 0.6) is 0 Å². The summed E-state index contributed by atoms with van der Waals surface area (Å²) >= 11 is 0. The molecule has 2 aromatic rings. The van der Waals surface area contributed by atoms with E-state index in [4.69, 9.17) is 9.15 Å². The number of rotatable bonds is 7. The average Bonchev–Trinajstić information content (AvgIpc) is 3.13. The van der Waals surface area contributed by atoms with E-state index in [0.717, 1.165) is 16.9 Å². The van der Waals surface area contributed by atoms with E-state index in [1.807, 2.05) is 0 Å². The van der Waals surface area contributed by atoms with Gasteiger partial charge in [-0.15, -0.1) is 0 Å². The number of carbonyl (C=O) groups is 1. The van der Waals surface area contributed by atoms with Gasteiger partial charge < -0.3 is 14.1 Å². The summed E-state index contributed by atoms with van der Waals surface area (Å²) in [6, 6.07) is 4.24. The summed E-state index contributed by atoms with van der Waals surface area (Å²) in [6.07, 6.45) is -1.92. The van der Waals surface area contributed by atoms with Crippen LogP contribution in [-0.2, 0) is 28.8 Å². The first-order valence-electron chi connectivity index (χ1n) is 6.80. The number of ether oxygens (including phenoxy) is 1. The van der Waals surface area contributed by atoms with E-state index >= 15 is 0 Å². The topological polar surface area (TPSA) is 60.5 Å². The third-order valence-corrected chi connectivity index (χ3v) is 3.07. The standard InChI is InChI=1S/C14H16F3N3O3/c1-22-8-6-19(9-11-3-2-7-23-11)13(21)10-20-5-4-12(18-20)14(15,16)17/h2-5,7H,6,8-10H2,1H3. The van der Waals surface area contributed by atoms with Crippen LogP contribution >= 0.6 is 0 Å². The molecule has 2 aromatic heterocycles. The molecule has 0 fully saturated rings. The molecule has 0 aromatic carbocycles. The van der Waals surface area contributed by atoms with E-state index < -0.39 is 11.9 Å². The summed E-state index contributed by atoms with van der Waals surface area (Å²) in [5.41, 5.74) is -1.03. The largest absolute Gasteiger partial charge is 0.467 e. The molecule has 23 heavy (non-hydrogen) atoms. The molecule has 9 heteroatoms. The maximum Gasteiger partial charge on any atom is 0.435 e. The molecule has 0 radical (unpaired) electrons. The van der Waals surface area contributed by atoms with Gasteiger partial charge in [0.05, 0.1) is 19.4 Å². The normalized spacial score (nSPS) is 11.7. The predicted molar refractivity (Wildman–Crippen MR) is 73.2 cm³/mol. The van der Waals surface area contributed by atoms with Crippen molar-refractivity contribution in [1.29, 1.82) is 0 Å². The predicted octanol–water partition coefficient (Wildman–Crippen LogP) is 2.17. The molecule has 0 N–H and O–H groups in total. The fourth-order valence-electron chi connectivity index (χ4n) is 1.92. The zero-order valence-electron chi connectivity index (χ0n) is 12.4. The van der Waals surface area contributed by atoms with Crippen LogP contribution in [0.3, 0.4) is 0 Å². The molecule has 0 aliphatic rings. The Morgan fingerprint density at radius 2 is 2.22 bits per heavy atom. The lowest BCUT2D eigenvalue weighted by Crippen LogP contribution is -2.36.